The number of hydrogen-bond acceptors (Lipinski definition) is 6. The Balaban J connectivity index is 1.55. The van der Waals surface area contributed by atoms with Crippen molar-refractivity contribution < 1.29 is 17.9 Å². The topological polar surface area (TPSA) is 102 Å². The van der Waals surface area contributed by atoms with Crippen LogP contribution in [0.4, 0.5) is 0 Å². The number of rotatable bonds is 6. The van der Waals surface area contributed by atoms with Crippen LogP contribution in [-0.4, -0.2) is 35.4 Å². The number of ketones is 1. The molecule has 1 aliphatic rings. The van der Waals surface area contributed by atoms with E-state index in [1.807, 2.05) is 30.3 Å². The minimum absolute atomic E-state index is 0.0504. The molecule has 2 atom stereocenters. The molecule has 2 aromatic heterocycles. The van der Waals surface area contributed by atoms with Crippen LogP contribution in [0.15, 0.2) is 65.7 Å². The van der Waals surface area contributed by atoms with Gasteiger partial charge in [0, 0.05) is 30.9 Å². The Morgan fingerprint density at radius 3 is 2.56 bits per heavy atom. The van der Waals surface area contributed by atoms with Crippen LogP contribution in [0.25, 0.3) is 22.6 Å². The van der Waals surface area contributed by atoms with Crippen LogP contribution in [0.2, 0.25) is 0 Å². The van der Waals surface area contributed by atoms with Gasteiger partial charge in [0.1, 0.15) is 23.0 Å². The van der Waals surface area contributed by atoms with Crippen molar-refractivity contribution in [1.29, 1.82) is 0 Å². The molecule has 1 aliphatic carbocycles. The third kappa shape index (κ3) is 4.46. The first kappa shape index (κ1) is 22.3. The summed E-state index contributed by atoms with van der Waals surface area (Å²) in [4.78, 5) is 25.1. The van der Waals surface area contributed by atoms with E-state index in [-0.39, 0.29) is 16.6 Å². The summed E-state index contributed by atoms with van der Waals surface area (Å²) in [5, 5.41) is 0. The van der Waals surface area contributed by atoms with Crippen LogP contribution in [0.5, 0.6) is 11.5 Å². The lowest BCUT2D eigenvalue weighted by atomic mass is 9.90. The van der Waals surface area contributed by atoms with Gasteiger partial charge in [-0.3, -0.25) is 9.78 Å². The number of pyridine rings is 1. The second-order valence-corrected chi connectivity index (χ2v) is 10.9. The van der Waals surface area contributed by atoms with Crippen molar-refractivity contribution >= 4 is 26.7 Å². The molecule has 2 aromatic carbocycles. The van der Waals surface area contributed by atoms with E-state index in [2.05, 4.69) is 16.9 Å². The van der Waals surface area contributed by atoms with E-state index in [1.165, 1.54) is 18.4 Å². The number of nitrogens with zero attached hydrogens (tertiary/aromatic N) is 2. The number of carbonyl (C=O) groups is 1. The highest BCUT2D eigenvalue weighted by Gasteiger charge is 2.32. The van der Waals surface area contributed by atoms with Gasteiger partial charge in [-0.15, -0.1) is 0 Å². The van der Waals surface area contributed by atoms with Gasteiger partial charge >= 0.3 is 0 Å². The smallest absolute Gasteiger partial charge is 0.175 e. The van der Waals surface area contributed by atoms with E-state index >= 15 is 0 Å². The molecule has 0 bridgehead atoms. The number of fused-ring (bicyclic) bond motifs is 1. The Kier molecular flexibility index (Phi) is 5.69. The van der Waals surface area contributed by atoms with E-state index in [0.29, 0.717) is 36.1 Å². The van der Waals surface area contributed by atoms with Crippen molar-refractivity contribution in [2.24, 2.45) is 11.8 Å². The van der Waals surface area contributed by atoms with E-state index in [1.54, 1.807) is 18.3 Å². The molecule has 34 heavy (non-hydrogen) atoms. The van der Waals surface area contributed by atoms with Crippen LogP contribution in [0, 0.1) is 11.8 Å². The molecule has 0 spiro atoms. The Morgan fingerprint density at radius 1 is 1.12 bits per heavy atom. The van der Waals surface area contributed by atoms with Crippen LogP contribution in [0.3, 0.4) is 0 Å². The molecule has 0 radical (unpaired) electrons. The number of imidazole rings is 1. The molecule has 174 valence electrons. The van der Waals surface area contributed by atoms with Crippen LogP contribution in [0.1, 0.15) is 25.3 Å². The Bertz CT molecular complexity index is 1460. The normalized spacial score (nSPS) is 18.5. The average molecular weight is 476 g/mol. The zero-order valence-electron chi connectivity index (χ0n) is 19.0. The fraction of sp³-hybridized carbons (Fsp3) is 0.269. The van der Waals surface area contributed by atoms with Crippen LogP contribution >= 0.6 is 0 Å². The summed E-state index contributed by atoms with van der Waals surface area (Å²) in [7, 11) is -3.29. The quantitative estimate of drug-likeness (QED) is 0.422. The lowest BCUT2D eigenvalue weighted by molar-refractivity contribution is -0.121. The monoisotopic (exact) mass is 475 g/mol. The summed E-state index contributed by atoms with van der Waals surface area (Å²) in [6, 6.07) is 15.8. The Labute approximate surface area is 198 Å². The fourth-order valence-corrected chi connectivity index (χ4v) is 5.10. The lowest BCUT2D eigenvalue weighted by Crippen LogP contribution is -2.16. The van der Waals surface area contributed by atoms with Crippen molar-refractivity contribution in [2.45, 2.75) is 31.1 Å². The van der Waals surface area contributed by atoms with Gasteiger partial charge in [-0.05, 0) is 66.8 Å². The van der Waals surface area contributed by atoms with Crippen molar-refractivity contribution in [1.82, 2.24) is 15.0 Å². The van der Waals surface area contributed by atoms with Crippen molar-refractivity contribution in [3.05, 3.63) is 66.4 Å². The molecule has 2 heterocycles. The minimum atomic E-state index is -3.29. The number of H-pyrrole nitrogens is 1. The number of carbonyl (C=O) groups excluding carboxylic acids is 1. The number of nitrogens with one attached hydrogen (secondary N) is 1. The predicted molar refractivity (Wildman–Crippen MR) is 130 cm³/mol. The second-order valence-electron chi connectivity index (χ2n) is 8.92. The summed E-state index contributed by atoms with van der Waals surface area (Å²) >= 11 is 0. The number of ether oxygens (including phenoxy) is 1. The minimum Gasteiger partial charge on any atom is -0.457 e. The maximum atomic E-state index is 12.5. The summed E-state index contributed by atoms with van der Waals surface area (Å²) < 4.78 is 29.8. The van der Waals surface area contributed by atoms with Gasteiger partial charge in [0.25, 0.3) is 0 Å². The zero-order valence-corrected chi connectivity index (χ0v) is 19.8. The Hall–Kier alpha value is -3.52. The molecule has 2 unspecified atom stereocenters. The van der Waals surface area contributed by atoms with Crippen molar-refractivity contribution in [3.8, 4) is 23.0 Å². The fourth-order valence-electron chi connectivity index (χ4n) is 4.47. The van der Waals surface area contributed by atoms with Gasteiger partial charge in [0.2, 0.25) is 0 Å². The van der Waals surface area contributed by atoms with E-state index < -0.39 is 9.84 Å². The standard InChI is InChI=1S/C26H25N3O4S/c1-16-6-11-24(30)20(16)13-17-14-22-23(29-26(28-22)21-5-3-4-12-27-21)15-25(17)33-18-7-9-19(10-8-18)34(2,31)32/h3-5,7-10,12,14-16,20H,6,11,13H2,1-2H3,(H,28,29). The zero-order chi connectivity index (χ0) is 23.9. The van der Waals surface area contributed by atoms with E-state index in [4.69, 9.17) is 9.72 Å². The van der Waals surface area contributed by atoms with Crippen molar-refractivity contribution in [2.75, 3.05) is 6.26 Å². The summed E-state index contributed by atoms with van der Waals surface area (Å²) in [5.41, 5.74) is 3.20. The summed E-state index contributed by atoms with van der Waals surface area (Å²) in [5.74, 6) is 2.32. The van der Waals surface area contributed by atoms with Crippen LogP contribution < -0.4 is 4.74 Å². The lowest BCUT2D eigenvalue weighted by Gasteiger charge is -2.17. The second kappa shape index (κ2) is 8.68. The molecular formula is C26H25N3O4S. The SMILES string of the molecule is CC1CCC(=O)C1Cc1cc2[nH]c(-c3ccccn3)nc2cc1Oc1ccc(S(C)(=O)=O)cc1. The third-order valence-electron chi connectivity index (χ3n) is 6.44. The van der Waals surface area contributed by atoms with Gasteiger partial charge in [-0.2, -0.15) is 0 Å². The molecule has 0 aliphatic heterocycles. The molecule has 1 fully saturated rings. The predicted octanol–water partition coefficient (Wildman–Crippen LogP) is 4.98. The van der Waals surface area contributed by atoms with Crippen LogP contribution in [-0.2, 0) is 21.1 Å². The van der Waals surface area contributed by atoms with E-state index in [9.17, 15) is 13.2 Å². The molecule has 7 nitrogen and oxygen atoms in total. The number of aromatic nitrogens is 3. The highest BCUT2D eigenvalue weighted by atomic mass is 32.2. The number of aromatic amines is 1. The molecule has 8 heteroatoms. The first-order valence-corrected chi connectivity index (χ1v) is 13.1. The first-order chi connectivity index (χ1) is 16.3. The highest BCUT2D eigenvalue weighted by Crippen LogP contribution is 2.37. The first-order valence-electron chi connectivity index (χ1n) is 11.2. The molecule has 0 saturated heterocycles. The molecular weight excluding hydrogens is 450 g/mol. The summed E-state index contributed by atoms with van der Waals surface area (Å²) in [6.07, 6.45) is 4.99. The van der Waals surface area contributed by atoms with Gasteiger partial charge in [0.15, 0.2) is 15.7 Å². The molecule has 1 saturated carbocycles. The maximum absolute atomic E-state index is 12.5. The van der Waals surface area contributed by atoms with Gasteiger partial charge in [-0.1, -0.05) is 13.0 Å². The number of benzene rings is 2. The number of sulfone groups is 1. The van der Waals surface area contributed by atoms with Crippen molar-refractivity contribution in [3.63, 3.8) is 0 Å². The number of Topliss-reactive ketones (excluding diaryl/α,β-unsaturated/α-hetero) is 1. The van der Waals surface area contributed by atoms with Gasteiger partial charge in [-0.25, -0.2) is 13.4 Å². The molecule has 0 amide bonds. The van der Waals surface area contributed by atoms with Gasteiger partial charge < -0.3 is 9.72 Å². The molecule has 5 rings (SSSR count). The molecule has 1 N–H and O–H groups in total. The largest absolute Gasteiger partial charge is 0.457 e. The number of hydrogen-bond donors (Lipinski definition) is 1. The average Bonchev–Trinajstić information content (AvgIpc) is 3.37. The van der Waals surface area contributed by atoms with E-state index in [0.717, 1.165) is 28.7 Å². The third-order valence-corrected chi connectivity index (χ3v) is 7.57. The maximum Gasteiger partial charge on any atom is 0.175 e. The van der Waals surface area contributed by atoms with Gasteiger partial charge in [0.05, 0.1) is 15.9 Å². The molecule has 4 aromatic rings. The highest BCUT2D eigenvalue weighted by molar-refractivity contribution is 7.90. The summed E-state index contributed by atoms with van der Waals surface area (Å²) in [6.45, 7) is 2.12. The Morgan fingerprint density at radius 2 is 1.91 bits per heavy atom.